The molecule has 0 bridgehead atoms. The maximum Gasteiger partial charge on any atom is 0.321 e. The van der Waals surface area contributed by atoms with Gasteiger partial charge in [-0.1, -0.05) is 17.7 Å². The number of aryl methyl sites for hydroxylation is 2. The molecule has 2 amide bonds. The Morgan fingerprint density at radius 1 is 1.33 bits per heavy atom. The number of carbonyl (C=O) groups excluding carboxylic acids is 1. The number of fused-ring (bicyclic) bond motifs is 3. The molecule has 2 aliphatic rings. The molecule has 2 heterocycles. The van der Waals surface area contributed by atoms with E-state index in [0.717, 1.165) is 16.8 Å². The molecule has 2 atom stereocenters. The maximum atomic E-state index is 11.4. The second-order valence-electron chi connectivity index (χ2n) is 4.12. The third-order valence-electron chi connectivity index (χ3n) is 2.82. The summed E-state index contributed by atoms with van der Waals surface area (Å²) in [6, 6.07) is 3.94. The van der Waals surface area contributed by atoms with Crippen molar-refractivity contribution in [2.45, 2.75) is 26.2 Å². The highest BCUT2D eigenvalue weighted by molar-refractivity contribution is 5.92. The van der Waals surface area contributed by atoms with Gasteiger partial charge in [-0.05, 0) is 19.4 Å². The number of urea groups is 1. The summed E-state index contributed by atoms with van der Waals surface area (Å²) in [6.45, 7) is 4.04. The lowest BCUT2D eigenvalue weighted by Gasteiger charge is -2.11. The second kappa shape index (κ2) is 2.73. The van der Waals surface area contributed by atoms with Crippen LogP contribution in [0.15, 0.2) is 12.1 Å². The molecule has 15 heavy (non-hydrogen) atoms. The van der Waals surface area contributed by atoms with E-state index in [0.29, 0.717) is 0 Å². The fourth-order valence-corrected chi connectivity index (χ4v) is 2.13. The Kier molecular flexibility index (Phi) is 1.59. The van der Waals surface area contributed by atoms with Gasteiger partial charge in [0.1, 0.15) is 6.10 Å². The van der Waals surface area contributed by atoms with Gasteiger partial charge in [-0.2, -0.15) is 0 Å². The maximum absolute atomic E-state index is 11.4. The first-order valence-electron chi connectivity index (χ1n) is 4.99. The number of rotatable bonds is 0. The van der Waals surface area contributed by atoms with Gasteiger partial charge >= 0.3 is 6.03 Å². The number of epoxide rings is 1. The van der Waals surface area contributed by atoms with Crippen molar-refractivity contribution in [3.63, 3.8) is 0 Å². The minimum absolute atomic E-state index is 0.0255. The summed E-state index contributed by atoms with van der Waals surface area (Å²) in [5.41, 5.74) is 4.24. The van der Waals surface area contributed by atoms with Crippen molar-refractivity contribution in [1.29, 1.82) is 0 Å². The molecule has 1 saturated heterocycles. The van der Waals surface area contributed by atoms with Crippen molar-refractivity contribution >= 4 is 11.7 Å². The van der Waals surface area contributed by atoms with Crippen LogP contribution in [0.1, 0.15) is 22.8 Å². The molecule has 0 spiro atoms. The molecule has 2 aliphatic heterocycles. The van der Waals surface area contributed by atoms with Crippen LogP contribution < -0.4 is 10.6 Å². The van der Waals surface area contributed by atoms with Crippen LogP contribution in [-0.2, 0) is 4.74 Å². The Balaban J connectivity index is 2.17. The Labute approximate surface area is 87.6 Å². The largest absolute Gasteiger partial charge is 0.343 e. The van der Waals surface area contributed by atoms with E-state index in [1.807, 2.05) is 13.8 Å². The Bertz CT molecular complexity index is 456. The highest BCUT2D eigenvalue weighted by atomic mass is 16.6. The molecule has 1 aromatic carbocycles. The lowest BCUT2D eigenvalue weighted by Crippen LogP contribution is -2.29. The van der Waals surface area contributed by atoms with E-state index in [1.54, 1.807) is 0 Å². The van der Waals surface area contributed by atoms with Gasteiger partial charge < -0.3 is 15.4 Å². The van der Waals surface area contributed by atoms with E-state index in [9.17, 15) is 4.79 Å². The molecule has 4 nitrogen and oxygen atoms in total. The molecule has 1 aromatic rings. The monoisotopic (exact) mass is 204 g/mol. The zero-order valence-corrected chi connectivity index (χ0v) is 8.63. The number of benzene rings is 1. The number of anilines is 1. The third kappa shape index (κ3) is 1.29. The van der Waals surface area contributed by atoms with Crippen LogP contribution in [0.5, 0.6) is 0 Å². The predicted molar refractivity (Wildman–Crippen MR) is 55.7 cm³/mol. The number of carbonyl (C=O) groups is 1. The summed E-state index contributed by atoms with van der Waals surface area (Å²) in [5.74, 6) is 0. The topological polar surface area (TPSA) is 53.7 Å². The lowest BCUT2D eigenvalue weighted by atomic mass is 10.0. The molecule has 3 rings (SSSR count). The van der Waals surface area contributed by atoms with E-state index >= 15 is 0 Å². The molecular formula is C11H12N2O2. The van der Waals surface area contributed by atoms with Crippen molar-refractivity contribution < 1.29 is 9.53 Å². The van der Waals surface area contributed by atoms with Gasteiger partial charge in [0.2, 0.25) is 0 Å². The number of amides is 2. The zero-order chi connectivity index (χ0) is 10.6. The Hall–Kier alpha value is -1.55. The zero-order valence-electron chi connectivity index (χ0n) is 8.63. The van der Waals surface area contributed by atoms with Crippen LogP contribution in [0.2, 0.25) is 0 Å². The molecule has 0 radical (unpaired) electrons. The summed E-state index contributed by atoms with van der Waals surface area (Å²) < 4.78 is 5.39. The highest BCUT2D eigenvalue weighted by Crippen LogP contribution is 2.43. The molecule has 4 heteroatoms. The van der Waals surface area contributed by atoms with Crippen LogP contribution >= 0.6 is 0 Å². The first kappa shape index (κ1) is 8.73. The molecule has 2 N–H and O–H groups in total. The Morgan fingerprint density at radius 2 is 2.13 bits per heavy atom. The molecule has 0 aromatic heterocycles. The SMILES string of the molecule is Cc1cc(C)c2c(c1)C1OC1NC(=O)N2. The summed E-state index contributed by atoms with van der Waals surface area (Å²) in [7, 11) is 0. The first-order valence-corrected chi connectivity index (χ1v) is 4.99. The third-order valence-corrected chi connectivity index (χ3v) is 2.82. The molecule has 1 fully saturated rings. The number of ether oxygens (including phenoxy) is 1. The van der Waals surface area contributed by atoms with Crippen LogP contribution in [0.3, 0.4) is 0 Å². The summed E-state index contributed by atoms with van der Waals surface area (Å²) in [5, 5.41) is 5.59. The first-order chi connectivity index (χ1) is 7.15. The minimum atomic E-state index is -0.187. The van der Waals surface area contributed by atoms with Crippen LogP contribution in [0, 0.1) is 13.8 Å². The average Bonchev–Trinajstić information content (AvgIpc) is 2.87. The van der Waals surface area contributed by atoms with E-state index in [4.69, 9.17) is 4.74 Å². The average molecular weight is 204 g/mol. The van der Waals surface area contributed by atoms with Gasteiger partial charge in [0, 0.05) is 5.56 Å². The number of nitrogens with one attached hydrogen (secondary N) is 2. The van der Waals surface area contributed by atoms with Crippen LogP contribution in [-0.4, -0.2) is 12.3 Å². The normalized spacial score (nSPS) is 26.9. The summed E-state index contributed by atoms with van der Waals surface area (Å²) in [6.07, 6.45) is -0.120. The van der Waals surface area contributed by atoms with E-state index in [2.05, 4.69) is 22.8 Å². The number of hydrogen-bond acceptors (Lipinski definition) is 2. The molecule has 2 unspecified atom stereocenters. The number of hydrogen-bond donors (Lipinski definition) is 2. The van der Waals surface area contributed by atoms with Crippen molar-refractivity contribution in [3.05, 3.63) is 28.8 Å². The van der Waals surface area contributed by atoms with Crippen molar-refractivity contribution in [1.82, 2.24) is 5.32 Å². The summed E-state index contributed by atoms with van der Waals surface area (Å²) in [4.78, 5) is 11.4. The molecule has 78 valence electrons. The molecular weight excluding hydrogens is 192 g/mol. The highest BCUT2D eigenvalue weighted by Gasteiger charge is 2.45. The van der Waals surface area contributed by atoms with E-state index in [-0.39, 0.29) is 18.4 Å². The Morgan fingerprint density at radius 3 is 2.93 bits per heavy atom. The van der Waals surface area contributed by atoms with Crippen molar-refractivity contribution in [2.75, 3.05) is 5.32 Å². The van der Waals surface area contributed by atoms with Gasteiger partial charge in [-0.25, -0.2) is 4.79 Å². The second-order valence-corrected chi connectivity index (χ2v) is 4.12. The van der Waals surface area contributed by atoms with Crippen molar-refractivity contribution in [2.24, 2.45) is 0 Å². The predicted octanol–water partition coefficient (Wildman–Crippen LogP) is 1.84. The van der Waals surface area contributed by atoms with E-state index < -0.39 is 0 Å². The van der Waals surface area contributed by atoms with E-state index in [1.165, 1.54) is 5.56 Å². The standard InChI is InChI=1S/C11H12N2O2/c1-5-3-6(2)8-7(4-5)9-10(15-9)13-11(14)12-8/h3-4,9-10H,1-2H3,(H2,12,13,14). The fraction of sp³-hybridized carbons (Fsp3) is 0.364. The minimum Gasteiger partial charge on any atom is -0.343 e. The molecule has 0 saturated carbocycles. The quantitative estimate of drug-likeness (QED) is 0.633. The van der Waals surface area contributed by atoms with Gasteiger partial charge in [0.15, 0.2) is 6.23 Å². The molecule has 0 aliphatic carbocycles. The van der Waals surface area contributed by atoms with Gasteiger partial charge in [-0.3, -0.25) is 0 Å². The fourth-order valence-electron chi connectivity index (χ4n) is 2.13. The lowest BCUT2D eigenvalue weighted by molar-refractivity contribution is 0.245. The smallest absolute Gasteiger partial charge is 0.321 e. The summed E-state index contributed by atoms with van der Waals surface area (Å²) >= 11 is 0. The van der Waals surface area contributed by atoms with Crippen LogP contribution in [0.25, 0.3) is 0 Å². The van der Waals surface area contributed by atoms with Crippen molar-refractivity contribution in [3.8, 4) is 0 Å². The van der Waals surface area contributed by atoms with Gasteiger partial charge in [0.05, 0.1) is 5.69 Å². The van der Waals surface area contributed by atoms with Gasteiger partial charge in [0.25, 0.3) is 0 Å². The van der Waals surface area contributed by atoms with Crippen LogP contribution in [0.4, 0.5) is 10.5 Å². The van der Waals surface area contributed by atoms with Gasteiger partial charge in [-0.15, -0.1) is 0 Å².